The predicted molar refractivity (Wildman–Crippen MR) is 82.1 cm³/mol. The molecule has 0 radical (unpaired) electrons. The second-order valence-corrected chi connectivity index (χ2v) is 5.33. The first-order valence-corrected chi connectivity index (χ1v) is 7.27. The molecule has 5 nitrogen and oxygen atoms in total. The van der Waals surface area contributed by atoms with Gasteiger partial charge in [-0.05, 0) is 25.3 Å². The zero-order valence-electron chi connectivity index (χ0n) is 12.7. The number of nitrogens with one attached hydrogen (secondary N) is 2. The van der Waals surface area contributed by atoms with Gasteiger partial charge in [0.25, 0.3) is 0 Å². The Balaban J connectivity index is 2.32. The summed E-state index contributed by atoms with van der Waals surface area (Å²) in [7, 11) is 0. The molecule has 5 heteroatoms. The zero-order valence-corrected chi connectivity index (χ0v) is 12.7. The van der Waals surface area contributed by atoms with Crippen molar-refractivity contribution in [3.8, 4) is 0 Å². The third-order valence-electron chi connectivity index (χ3n) is 3.44. The number of hydrogen-bond donors (Lipinski definition) is 3. The van der Waals surface area contributed by atoms with Crippen molar-refractivity contribution < 1.29 is 14.7 Å². The normalized spacial score (nSPS) is 13.4. The molecule has 0 saturated carbocycles. The standard InChI is InChI=1S/C16H24N2O3/c1-3-10-16(2,15(20)21)18-12-14(19)17-11-9-13-7-5-4-6-8-13/h4-8,18H,3,9-12H2,1-2H3,(H,17,19)(H,20,21). The maximum atomic E-state index is 11.7. The Kier molecular flexibility index (Phi) is 6.88. The highest BCUT2D eigenvalue weighted by Gasteiger charge is 2.31. The van der Waals surface area contributed by atoms with Crippen molar-refractivity contribution in [2.24, 2.45) is 0 Å². The van der Waals surface area contributed by atoms with Gasteiger partial charge in [0.05, 0.1) is 6.54 Å². The molecule has 0 aliphatic heterocycles. The van der Waals surface area contributed by atoms with E-state index in [1.807, 2.05) is 37.3 Å². The van der Waals surface area contributed by atoms with Crippen molar-refractivity contribution >= 4 is 11.9 Å². The topological polar surface area (TPSA) is 78.4 Å². The molecule has 0 aromatic heterocycles. The van der Waals surface area contributed by atoms with Crippen LogP contribution in [0.5, 0.6) is 0 Å². The Morgan fingerprint density at radius 2 is 1.90 bits per heavy atom. The van der Waals surface area contributed by atoms with Crippen LogP contribution in [0.1, 0.15) is 32.3 Å². The van der Waals surface area contributed by atoms with E-state index in [9.17, 15) is 14.7 Å². The molecule has 0 saturated heterocycles. The molecule has 1 unspecified atom stereocenters. The van der Waals surface area contributed by atoms with E-state index in [1.54, 1.807) is 6.92 Å². The Hall–Kier alpha value is -1.88. The fraction of sp³-hybridized carbons (Fsp3) is 0.500. The van der Waals surface area contributed by atoms with Gasteiger partial charge >= 0.3 is 5.97 Å². The number of aliphatic carboxylic acids is 1. The van der Waals surface area contributed by atoms with E-state index in [1.165, 1.54) is 0 Å². The van der Waals surface area contributed by atoms with Gasteiger partial charge in [-0.3, -0.25) is 14.9 Å². The van der Waals surface area contributed by atoms with E-state index >= 15 is 0 Å². The van der Waals surface area contributed by atoms with Gasteiger partial charge in [0, 0.05) is 6.54 Å². The van der Waals surface area contributed by atoms with E-state index < -0.39 is 11.5 Å². The van der Waals surface area contributed by atoms with Gasteiger partial charge in [-0.25, -0.2) is 0 Å². The van der Waals surface area contributed by atoms with Crippen molar-refractivity contribution in [2.75, 3.05) is 13.1 Å². The molecule has 0 aliphatic carbocycles. The van der Waals surface area contributed by atoms with Gasteiger partial charge in [-0.15, -0.1) is 0 Å². The second kappa shape index (κ2) is 8.42. The number of hydrogen-bond acceptors (Lipinski definition) is 3. The molecule has 1 atom stereocenters. The summed E-state index contributed by atoms with van der Waals surface area (Å²) >= 11 is 0. The smallest absolute Gasteiger partial charge is 0.323 e. The molecule has 21 heavy (non-hydrogen) atoms. The largest absolute Gasteiger partial charge is 0.480 e. The highest BCUT2D eigenvalue weighted by molar-refractivity contribution is 5.81. The first-order valence-electron chi connectivity index (χ1n) is 7.27. The summed E-state index contributed by atoms with van der Waals surface area (Å²) in [4.78, 5) is 23.0. The average molecular weight is 292 g/mol. The van der Waals surface area contributed by atoms with Crippen molar-refractivity contribution in [3.05, 3.63) is 35.9 Å². The summed E-state index contributed by atoms with van der Waals surface area (Å²) in [5.41, 5.74) is 0.109. The minimum Gasteiger partial charge on any atom is -0.480 e. The summed E-state index contributed by atoms with van der Waals surface area (Å²) in [5.74, 6) is -1.11. The van der Waals surface area contributed by atoms with Crippen LogP contribution in [0.15, 0.2) is 30.3 Å². The monoisotopic (exact) mass is 292 g/mol. The first-order chi connectivity index (χ1) is 9.98. The lowest BCUT2D eigenvalue weighted by molar-refractivity contribution is -0.144. The predicted octanol–water partition coefficient (Wildman–Crippen LogP) is 1.58. The lowest BCUT2D eigenvalue weighted by atomic mass is 9.96. The summed E-state index contributed by atoms with van der Waals surface area (Å²) in [6.07, 6.45) is 1.99. The number of amides is 1. The van der Waals surface area contributed by atoms with Gasteiger partial charge in [-0.1, -0.05) is 43.7 Å². The zero-order chi connectivity index (χ0) is 15.7. The number of rotatable bonds is 9. The molecular formula is C16H24N2O3. The molecule has 1 aromatic rings. The van der Waals surface area contributed by atoms with E-state index in [0.29, 0.717) is 13.0 Å². The number of carboxylic acid groups (broad SMARTS) is 1. The lowest BCUT2D eigenvalue weighted by Crippen LogP contribution is -2.52. The van der Waals surface area contributed by atoms with E-state index in [-0.39, 0.29) is 12.5 Å². The van der Waals surface area contributed by atoms with Crippen LogP contribution >= 0.6 is 0 Å². The molecule has 0 aliphatic rings. The third kappa shape index (κ3) is 5.95. The van der Waals surface area contributed by atoms with Gasteiger partial charge in [-0.2, -0.15) is 0 Å². The van der Waals surface area contributed by atoms with E-state index in [2.05, 4.69) is 10.6 Å². The quantitative estimate of drug-likeness (QED) is 0.645. The maximum absolute atomic E-state index is 11.7. The van der Waals surface area contributed by atoms with Crippen LogP contribution in [0.2, 0.25) is 0 Å². The molecule has 0 fully saturated rings. The summed E-state index contributed by atoms with van der Waals surface area (Å²) in [6, 6.07) is 9.89. The van der Waals surface area contributed by atoms with E-state index in [0.717, 1.165) is 18.4 Å². The van der Waals surface area contributed by atoms with Crippen molar-refractivity contribution in [1.82, 2.24) is 10.6 Å². The Labute approximate surface area is 125 Å². The molecular weight excluding hydrogens is 268 g/mol. The number of carbonyl (C=O) groups is 2. The van der Waals surface area contributed by atoms with Crippen LogP contribution in [0, 0.1) is 0 Å². The molecule has 1 amide bonds. The van der Waals surface area contributed by atoms with Crippen molar-refractivity contribution in [3.63, 3.8) is 0 Å². The number of carbonyl (C=O) groups excluding carboxylic acids is 1. The molecule has 3 N–H and O–H groups in total. The van der Waals surface area contributed by atoms with Crippen LogP contribution in [0.4, 0.5) is 0 Å². The van der Waals surface area contributed by atoms with Crippen LogP contribution in [-0.4, -0.2) is 35.6 Å². The Morgan fingerprint density at radius 1 is 1.24 bits per heavy atom. The highest BCUT2D eigenvalue weighted by atomic mass is 16.4. The van der Waals surface area contributed by atoms with Gasteiger partial charge in [0.2, 0.25) is 5.91 Å². The minimum atomic E-state index is -1.05. The number of benzene rings is 1. The van der Waals surface area contributed by atoms with Crippen LogP contribution in [0.3, 0.4) is 0 Å². The SMILES string of the molecule is CCCC(C)(NCC(=O)NCCc1ccccc1)C(=O)O. The number of carboxylic acids is 1. The van der Waals surface area contributed by atoms with Gasteiger partial charge in [0.15, 0.2) is 0 Å². The van der Waals surface area contributed by atoms with Crippen LogP contribution < -0.4 is 10.6 Å². The molecule has 0 bridgehead atoms. The summed E-state index contributed by atoms with van der Waals surface area (Å²) in [6.45, 7) is 4.08. The average Bonchev–Trinajstić information content (AvgIpc) is 2.46. The molecule has 0 spiro atoms. The molecule has 1 rings (SSSR count). The lowest BCUT2D eigenvalue weighted by Gasteiger charge is -2.25. The molecule has 1 aromatic carbocycles. The molecule has 0 heterocycles. The Morgan fingerprint density at radius 3 is 2.48 bits per heavy atom. The Bertz CT molecular complexity index is 462. The summed E-state index contributed by atoms with van der Waals surface area (Å²) in [5, 5.41) is 14.8. The first kappa shape index (κ1) is 17.2. The van der Waals surface area contributed by atoms with Gasteiger partial charge < -0.3 is 10.4 Å². The highest BCUT2D eigenvalue weighted by Crippen LogP contribution is 2.11. The molecule has 116 valence electrons. The van der Waals surface area contributed by atoms with Crippen molar-refractivity contribution in [2.45, 2.75) is 38.6 Å². The van der Waals surface area contributed by atoms with Gasteiger partial charge in [0.1, 0.15) is 5.54 Å². The van der Waals surface area contributed by atoms with E-state index in [4.69, 9.17) is 0 Å². The van der Waals surface area contributed by atoms with Crippen LogP contribution in [0.25, 0.3) is 0 Å². The minimum absolute atomic E-state index is 0.0115. The summed E-state index contributed by atoms with van der Waals surface area (Å²) < 4.78 is 0. The van der Waals surface area contributed by atoms with Crippen molar-refractivity contribution in [1.29, 1.82) is 0 Å². The second-order valence-electron chi connectivity index (χ2n) is 5.33. The maximum Gasteiger partial charge on any atom is 0.323 e. The third-order valence-corrected chi connectivity index (χ3v) is 3.44. The van der Waals surface area contributed by atoms with Crippen LogP contribution in [-0.2, 0) is 16.0 Å². The fourth-order valence-corrected chi connectivity index (χ4v) is 2.10. The fourth-order valence-electron chi connectivity index (χ4n) is 2.10.